The van der Waals surface area contributed by atoms with Crippen LogP contribution in [0.2, 0.25) is 0 Å². The maximum atomic E-state index is 13.1. The average molecular weight is 449 g/mol. The van der Waals surface area contributed by atoms with Crippen molar-refractivity contribution in [3.8, 4) is 11.6 Å². The molecular weight excluding hydrogens is 416 g/mol. The van der Waals surface area contributed by atoms with Crippen molar-refractivity contribution >= 4 is 11.7 Å². The fourth-order valence-corrected chi connectivity index (χ4v) is 4.01. The van der Waals surface area contributed by atoms with Gasteiger partial charge in [-0.15, -0.1) is 10.2 Å². The summed E-state index contributed by atoms with van der Waals surface area (Å²) in [6.45, 7) is 13.0. The highest BCUT2D eigenvalue weighted by Crippen LogP contribution is 2.33. The van der Waals surface area contributed by atoms with Crippen molar-refractivity contribution in [1.29, 1.82) is 0 Å². The van der Waals surface area contributed by atoms with E-state index in [2.05, 4.69) is 53.8 Å². The molecule has 4 rings (SSSR count). The van der Waals surface area contributed by atoms with Crippen molar-refractivity contribution < 1.29 is 9.53 Å². The summed E-state index contributed by atoms with van der Waals surface area (Å²) in [6.07, 6.45) is 4.69. The molecule has 3 heterocycles. The predicted molar refractivity (Wildman–Crippen MR) is 128 cm³/mol. The van der Waals surface area contributed by atoms with E-state index in [4.69, 9.17) is 4.74 Å². The highest BCUT2D eigenvalue weighted by molar-refractivity contribution is 5.81. The van der Waals surface area contributed by atoms with Gasteiger partial charge in [-0.2, -0.15) is 0 Å². The minimum atomic E-state index is -0.547. The van der Waals surface area contributed by atoms with Gasteiger partial charge in [0.2, 0.25) is 0 Å². The van der Waals surface area contributed by atoms with Gasteiger partial charge in [0.15, 0.2) is 17.7 Å². The summed E-state index contributed by atoms with van der Waals surface area (Å²) in [5, 5.41) is 8.65. The van der Waals surface area contributed by atoms with Crippen LogP contribution in [0.3, 0.4) is 0 Å². The molecule has 174 valence electrons. The molecule has 1 aromatic carbocycles. The van der Waals surface area contributed by atoms with E-state index in [0.29, 0.717) is 26.2 Å². The molecule has 1 amide bonds. The summed E-state index contributed by atoms with van der Waals surface area (Å²) in [4.78, 5) is 21.2. The lowest BCUT2D eigenvalue weighted by molar-refractivity contribution is -0.138. The minimum absolute atomic E-state index is 0.0108. The Labute approximate surface area is 195 Å². The van der Waals surface area contributed by atoms with Crippen LogP contribution in [0.4, 0.5) is 5.82 Å². The number of anilines is 1. The molecule has 2 aromatic heterocycles. The average Bonchev–Trinajstić information content (AvgIpc) is 3.34. The Bertz CT molecular complexity index is 1080. The molecule has 1 aliphatic heterocycles. The Morgan fingerprint density at radius 2 is 1.73 bits per heavy atom. The van der Waals surface area contributed by atoms with Gasteiger partial charge in [-0.25, -0.2) is 4.98 Å². The Balaban J connectivity index is 1.36. The van der Waals surface area contributed by atoms with Gasteiger partial charge in [-0.05, 0) is 43.0 Å². The number of nitrogens with zero attached hydrogens (tertiary/aromatic N) is 6. The number of benzene rings is 1. The highest BCUT2D eigenvalue weighted by Gasteiger charge is 2.28. The Kier molecular flexibility index (Phi) is 6.35. The first kappa shape index (κ1) is 22.8. The van der Waals surface area contributed by atoms with Crippen LogP contribution in [0.25, 0.3) is 5.82 Å². The summed E-state index contributed by atoms with van der Waals surface area (Å²) in [7, 11) is 0. The number of aromatic nitrogens is 4. The fourth-order valence-electron chi connectivity index (χ4n) is 4.01. The lowest BCUT2D eigenvalue weighted by Gasteiger charge is -2.36. The van der Waals surface area contributed by atoms with E-state index in [1.807, 2.05) is 46.9 Å². The third-order valence-corrected chi connectivity index (χ3v) is 5.92. The molecule has 0 saturated carbocycles. The molecule has 1 aliphatic rings. The molecule has 8 nitrogen and oxygen atoms in total. The molecule has 0 radical (unpaired) electrons. The molecule has 0 aliphatic carbocycles. The Morgan fingerprint density at radius 1 is 1.03 bits per heavy atom. The first-order chi connectivity index (χ1) is 15.7. The van der Waals surface area contributed by atoms with Gasteiger partial charge in [-0.1, -0.05) is 38.5 Å². The van der Waals surface area contributed by atoms with E-state index in [1.54, 1.807) is 12.5 Å². The van der Waals surface area contributed by atoms with Crippen LogP contribution in [0.1, 0.15) is 38.8 Å². The normalized spacial score (nSPS) is 15.4. The smallest absolute Gasteiger partial charge is 0.263 e. The molecule has 0 bridgehead atoms. The Hall–Kier alpha value is -3.42. The number of ether oxygens (including phenoxy) is 1. The number of rotatable bonds is 5. The zero-order chi connectivity index (χ0) is 23.6. The van der Waals surface area contributed by atoms with Gasteiger partial charge in [0.25, 0.3) is 5.91 Å². The number of piperazine rings is 1. The molecular formula is C25H32N6O2. The van der Waals surface area contributed by atoms with E-state index in [1.165, 1.54) is 5.56 Å². The maximum absolute atomic E-state index is 13.1. The van der Waals surface area contributed by atoms with E-state index < -0.39 is 6.10 Å². The first-order valence-electron chi connectivity index (χ1n) is 11.4. The fraction of sp³-hybridized carbons (Fsp3) is 0.440. The Morgan fingerprint density at radius 3 is 2.33 bits per heavy atom. The molecule has 0 N–H and O–H groups in total. The molecule has 1 unspecified atom stereocenters. The quantitative estimate of drug-likeness (QED) is 0.596. The molecule has 1 fully saturated rings. The van der Waals surface area contributed by atoms with E-state index in [0.717, 1.165) is 22.9 Å². The SMILES string of the molecule is Cc1ccc(OC(C)C(=O)N2CCN(c3ccc(-n4ccnc4)nn3)CC2)c(C(C)(C)C)c1. The second-order valence-corrected chi connectivity index (χ2v) is 9.54. The number of amides is 1. The van der Waals surface area contributed by atoms with E-state index in [-0.39, 0.29) is 11.3 Å². The third-order valence-electron chi connectivity index (χ3n) is 5.92. The lowest BCUT2D eigenvalue weighted by atomic mass is 9.85. The van der Waals surface area contributed by atoms with Crippen LogP contribution in [0.15, 0.2) is 49.1 Å². The number of carbonyl (C=O) groups is 1. The van der Waals surface area contributed by atoms with Crippen LogP contribution in [-0.2, 0) is 10.2 Å². The second kappa shape index (κ2) is 9.21. The van der Waals surface area contributed by atoms with Crippen molar-refractivity contribution in [2.75, 3.05) is 31.1 Å². The van der Waals surface area contributed by atoms with Crippen molar-refractivity contribution in [3.63, 3.8) is 0 Å². The van der Waals surface area contributed by atoms with Crippen LogP contribution < -0.4 is 9.64 Å². The van der Waals surface area contributed by atoms with Gasteiger partial charge in [0.05, 0.1) is 0 Å². The van der Waals surface area contributed by atoms with Crippen LogP contribution in [0.5, 0.6) is 5.75 Å². The number of imidazole rings is 1. The van der Waals surface area contributed by atoms with Crippen molar-refractivity contribution in [3.05, 3.63) is 60.2 Å². The lowest BCUT2D eigenvalue weighted by Crippen LogP contribution is -2.52. The number of hydrogen-bond donors (Lipinski definition) is 0. The molecule has 8 heteroatoms. The zero-order valence-corrected chi connectivity index (χ0v) is 20.0. The number of carbonyl (C=O) groups excluding carboxylic acids is 1. The third kappa shape index (κ3) is 5.16. The van der Waals surface area contributed by atoms with Crippen LogP contribution in [-0.4, -0.2) is 62.8 Å². The van der Waals surface area contributed by atoms with Crippen LogP contribution in [0, 0.1) is 6.92 Å². The number of aryl methyl sites for hydroxylation is 1. The van der Waals surface area contributed by atoms with Gasteiger partial charge >= 0.3 is 0 Å². The zero-order valence-electron chi connectivity index (χ0n) is 20.0. The monoisotopic (exact) mass is 448 g/mol. The maximum Gasteiger partial charge on any atom is 0.263 e. The molecule has 33 heavy (non-hydrogen) atoms. The predicted octanol–water partition coefficient (Wildman–Crippen LogP) is 3.38. The molecule has 3 aromatic rings. The summed E-state index contributed by atoms with van der Waals surface area (Å²) in [5.41, 5.74) is 2.23. The number of hydrogen-bond acceptors (Lipinski definition) is 6. The van der Waals surface area contributed by atoms with Crippen molar-refractivity contribution in [2.45, 2.75) is 46.1 Å². The van der Waals surface area contributed by atoms with Gasteiger partial charge in [0.1, 0.15) is 12.1 Å². The van der Waals surface area contributed by atoms with Gasteiger partial charge < -0.3 is 14.5 Å². The second-order valence-electron chi connectivity index (χ2n) is 9.54. The van der Waals surface area contributed by atoms with E-state index >= 15 is 0 Å². The van der Waals surface area contributed by atoms with Gasteiger partial charge in [0, 0.05) is 38.6 Å². The standard InChI is InChI=1S/C25H32N6O2/c1-18-6-7-21(20(16-18)25(3,4)5)33-19(2)24(32)30-14-12-29(13-15-30)22-8-9-23(28-27-22)31-11-10-26-17-31/h6-11,16-17,19H,12-15H2,1-5H3. The summed E-state index contributed by atoms with van der Waals surface area (Å²) in [5.74, 6) is 2.32. The largest absolute Gasteiger partial charge is 0.481 e. The van der Waals surface area contributed by atoms with Gasteiger partial charge in [-0.3, -0.25) is 9.36 Å². The molecule has 1 atom stereocenters. The van der Waals surface area contributed by atoms with Crippen molar-refractivity contribution in [2.24, 2.45) is 0 Å². The first-order valence-corrected chi connectivity index (χ1v) is 11.4. The van der Waals surface area contributed by atoms with E-state index in [9.17, 15) is 4.79 Å². The summed E-state index contributed by atoms with van der Waals surface area (Å²) in [6, 6.07) is 10.0. The molecule has 1 saturated heterocycles. The highest BCUT2D eigenvalue weighted by atomic mass is 16.5. The summed E-state index contributed by atoms with van der Waals surface area (Å²) < 4.78 is 7.98. The minimum Gasteiger partial charge on any atom is -0.481 e. The molecule has 0 spiro atoms. The topological polar surface area (TPSA) is 76.4 Å². The van der Waals surface area contributed by atoms with Crippen molar-refractivity contribution in [1.82, 2.24) is 24.6 Å². The summed E-state index contributed by atoms with van der Waals surface area (Å²) >= 11 is 0. The van der Waals surface area contributed by atoms with Crippen LogP contribution >= 0.6 is 0 Å².